The molecule has 26 heavy (non-hydrogen) atoms. The van der Waals surface area contributed by atoms with E-state index in [1.807, 2.05) is 24.8 Å². The zero-order valence-corrected chi connectivity index (χ0v) is 15.9. The molecule has 0 N–H and O–H groups in total. The van der Waals surface area contributed by atoms with E-state index in [1.165, 1.54) is 11.1 Å². The van der Waals surface area contributed by atoms with E-state index in [4.69, 9.17) is 4.52 Å². The SMILES string of the molecule is Cc1noc(C)c1CN1CCCN(C(=O)CCCc2ccccc2)CC1. The van der Waals surface area contributed by atoms with Crippen LogP contribution in [0.25, 0.3) is 0 Å². The average Bonchev–Trinajstić information content (AvgIpc) is 2.85. The quantitative estimate of drug-likeness (QED) is 0.797. The van der Waals surface area contributed by atoms with E-state index < -0.39 is 0 Å². The number of amides is 1. The first-order valence-electron chi connectivity index (χ1n) is 9.59. The third-order valence-corrected chi connectivity index (χ3v) is 5.20. The van der Waals surface area contributed by atoms with Gasteiger partial charge in [0.2, 0.25) is 5.91 Å². The van der Waals surface area contributed by atoms with Gasteiger partial charge in [-0.2, -0.15) is 0 Å². The van der Waals surface area contributed by atoms with Crippen LogP contribution in [0.15, 0.2) is 34.9 Å². The predicted octanol–water partition coefficient (Wildman–Crippen LogP) is 3.35. The van der Waals surface area contributed by atoms with Gasteiger partial charge in [0.05, 0.1) is 5.69 Å². The van der Waals surface area contributed by atoms with Crippen LogP contribution >= 0.6 is 0 Å². The highest BCUT2D eigenvalue weighted by atomic mass is 16.5. The Kier molecular flexibility index (Phi) is 6.45. The maximum atomic E-state index is 12.6. The molecule has 1 saturated heterocycles. The molecule has 1 fully saturated rings. The van der Waals surface area contributed by atoms with E-state index >= 15 is 0 Å². The fourth-order valence-electron chi connectivity index (χ4n) is 3.58. The van der Waals surface area contributed by atoms with E-state index in [9.17, 15) is 4.79 Å². The van der Waals surface area contributed by atoms with Crippen molar-refractivity contribution in [2.24, 2.45) is 0 Å². The highest BCUT2D eigenvalue weighted by Gasteiger charge is 2.20. The zero-order valence-electron chi connectivity index (χ0n) is 15.9. The number of carbonyl (C=O) groups excluding carboxylic acids is 1. The average molecular weight is 355 g/mol. The van der Waals surface area contributed by atoms with E-state index in [0.29, 0.717) is 12.3 Å². The van der Waals surface area contributed by atoms with Crippen molar-refractivity contribution in [2.45, 2.75) is 46.1 Å². The smallest absolute Gasteiger partial charge is 0.222 e. The third kappa shape index (κ3) is 4.94. The Morgan fingerprint density at radius 2 is 1.92 bits per heavy atom. The Bertz CT molecular complexity index is 692. The monoisotopic (exact) mass is 355 g/mol. The van der Waals surface area contributed by atoms with Crippen LogP contribution in [0.5, 0.6) is 0 Å². The molecule has 140 valence electrons. The third-order valence-electron chi connectivity index (χ3n) is 5.20. The highest BCUT2D eigenvalue weighted by molar-refractivity contribution is 5.76. The lowest BCUT2D eigenvalue weighted by Gasteiger charge is -2.22. The zero-order chi connectivity index (χ0) is 18.4. The van der Waals surface area contributed by atoms with Gasteiger partial charge in [-0.05, 0) is 38.7 Å². The molecule has 2 heterocycles. The van der Waals surface area contributed by atoms with Gasteiger partial charge in [0.15, 0.2) is 0 Å². The Hall–Kier alpha value is -2.14. The summed E-state index contributed by atoms with van der Waals surface area (Å²) in [5.41, 5.74) is 3.47. The molecule has 0 bridgehead atoms. The van der Waals surface area contributed by atoms with Crippen molar-refractivity contribution < 1.29 is 9.32 Å². The maximum absolute atomic E-state index is 12.6. The minimum absolute atomic E-state index is 0.292. The lowest BCUT2D eigenvalue weighted by Crippen LogP contribution is -2.35. The maximum Gasteiger partial charge on any atom is 0.222 e. The van der Waals surface area contributed by atoms with E-state index in [0.717, 1.165) is 63.4 Å². The lowest BCUT2D eigenvalue weighted by atomic mass is 10.1. The molecule has 0 unspecified atom stereocenters. The second-order valence-corrected chi connectivity index (χ2v) is 7.15. The number of hydrogen-bond donors (Lipinski definition) is 0. The Morgan fingerprint density at radius 3 is 2.65 bits per heavy atom. The normalized spacial score (nSPS) is 15.8. The van der Waals surface area contributed by atoms with Gasteiger partial charge in [-0.3, -0.25) is 9.69 Å². The highest BCUT2D eigenvalue weighted by Crippen LogP contribution is 2.17. The van der Waals surface area contributed by atoms with Gasteiger partial charge < -0.3 is 9.42 Å². The molecule has 0 atom stereocenters. The van der Waals surface area contributed by atoms with E-state index in [2.05, 4.69) is 34.3 Å². The molecule has 2 aromatic rings. The molecule has 3 rings (SSSR count). The molecule has 0 radical (unpaired) electrons. The van der Waals surface area contributed by atoms with Gasteiger partial charge >= 0.3 is 0 Å². The second-order valence-electron chi connectivity index (χ2n) is 7.15. The second kappa shape index (κ2) is 8.99. The van der Waals surface area contributed by atoms with Crippen LogP contribution < -0.4 is 0 Å². The number of benzene rings is 1. The van der Waals surface area contributed by atoms with Gasteiger partial charge in [0.25, 0.3) is 0 Å². The van der Waals surface area contributed by atoms with Crippen molar-refractivity contribution in [3.05, 3.63) is 52.9 Å². The van der Waals surface area contributed by atoms with Crippen molar-refractivity contribution in [1.82, 2.24) is 15.0 Å². The summed E-state index contributed by atoms with van der Waals surface area (Å²) >= 11 is 0. The van der Waals surface area contributed by atoms with Crippen molar-refractivity contribution in [3.8, 4) is 0 Å². The molecule has 1 aromatic heterocycles. The largest absolute Gasteiger partial charge is 0.361 e. The van der Waals surface area contributed by atoms with Crippen LogP contribution in [0.2, 0.25) is 0 Å². The Balaban J connectivity index is 1.45. The fourth-order valence-corrected chi connectivity index (χ4v) is 3.58. The predicted molar refractivity (Wildman–Crippen MR) is 102 cm³/mol. The lowest BCUT2D eigenvalue weighted by molar-refractivity contribution is -0.131. The Labute approximate surface area is 156 Å². The van der Waals surface area contributed by atoms with Gasteiger partial charge in [-0.1, -0.05) is 35.5 Å². The van der Waals surface area contributed by atoms with Gasteiger partial charge in [0, 0.05) is 44.7 Å². The first kappa shape index (κ1) is 18.6. The van der Waals surface area contributed by atoms with Gasteiger partial charge in [0.1, 0.15) is 5.76 Å². The van der Waals surface area contributed by atoms with Crippen molar-refractivity contribution in [2.75, 3.05) is 26.2 Å². The first-order valence-corrected chi connectivity index (χ1v) is 9.59. The molecule has 0 spiro atoms. The minimum atomic E-state index is 0.292. The molecular formula is C21H29N3O2. The molecule has 1 aromatic carbocycles. The Morgan fingerprint density at radius 1 is 1.12 bits per heavy atom. The molecule has 1 aliphatic heterocycles. The summed E-state index contributed by atoms with van der Waals surface area (Å²) < 4.78 is 5.27. The van der Waals surface area contributed by atoms with Crippen molar-refractivity contribution >= 4 is 5.91 Å². The van der Waals surface area contributed by atoms with E-state index in [1.54, 1.807) is 0 Å². The fraction of sp³-hybridized carbons (Fsp3) is 0.524. The summed E-state index contributed by atoms with van der Waals surface area (Å²) in [7, 11) is 0. The molecular weight excluding hydrogens is 326 g/mol. The molecule has 0 aliphatic carbocycles. The topological polar surface area (TPSA) is 49.6 Å². The molecule has 1 amide bonds. The summed E-state index contributed by atoms with van der Waals surface area (Å²) in [6, 6.07) is 10.4. The summed E-state index contributed by atoms with van der Waals surface area (Å²) in [4.78, 5) is 17.0. The van der Waals surface area contributed by atoms with Crippen LogP contribution in [0.4, 0.5) is 0 Å². The van der Waals surface area contributed by atoms with Crippen LogP contribution in [0, 0.1) is 13.8 Å². The number of aryl methyl sites for hydroxylation is 3. The molecule has 1 aliphatic rings. The van der Waals surface area contributed by atoms with Crippen LogP contribution in [-0.4, -0.2) is 47.0 Å². The summed E-state index contributed by atoms with van der Waals surface area (Å²) in [5.74, 6) is 1.20. The number of carbonyl (C=O) groups is 1. The van der Waals surface area contributed by atoms with Crippen LogP contribution in [-0.2, 0) is 17.8 Å². The first-order chi connectivity index (χ1) is 12.6. The summed E-state index contributed by atoms with van der Waals surface area (Å²) in [6.07, 6.45) is 3.55. The van der Waals surface area contributed by atoms with Crippen LogP contribution in [0.1, 0.15) is 41.8 Å². The van der Waals surface area contributed by atoms with Crippen LogP contribution in [0.3, 0.4) is 0 Å². The van der Waals surface area contributed by atoms with Crippen molar-refractivity contribution in [1.29, 1.82) is 0 Å². The summed E-state index contributed by atoms with van der Waals surface area (Å²) in [5, 5.41) is 4.04. The van der Waals surface area contributed by atoms with E-state index in [-0.39, 0.29) is 0 Å². The standard InChI is InChI=1S/C21H29N3O2/c1-17-20(18(2)26-22-17)16-23-12-7-13-24(15-14-23)21(25)11-6-10-19-8-4-3-5-9-19/h3-5,8-9H,6-7,10-16H2,1-2H3. The summed E-state index contributed by atoms with van der Waals surface area (Å²) in [6.45, 7) is 8.42. The minimum Gasteiger partial charge on any atom is -0.361 e. The van der Waals surface area contributed by atoms with Gasteiger partial charge in [-0.25, -0.2) is 0 Å². The number of rotatable bonds is 6. The number of nitrogens with zero attached hydrogens (tertiary/aromatic N) is 3. The molecule has 5 nitrogen and oxygen atoms in total. The van der Waals surface area contributed by atoms with Gasteiger partial charge in [-0.15, -0.1) is 0 Å². The molecule has 5 heteroatoms. The van der Waals surface area contributed by atoms with Crippen molar-refractivity contribution in [3.63, 3.8) is 0 Å². The number of hydrogen-bond acceptors (Lipinski definition) is 4. The number of aromatic nitrogens is 1. The molecule has 0 saturated carbocycles.